The highest BCUT2D eigenvalue weighted by Gasteiger charge is 2.18. The minimum atomic E-state index is -0.157. The maximum absolute atomic E-state index is 12.5. The maximum Gasteiger partial charge on any atom is 0.229 e. The number of amides is 1. The number of aryl methyl sites for hydroxylation is 2. The molecule has 0 atom stereocenters. The lowest BCUT2D eigenvalue weighted by molar-refractivity contribution is -0.118. The second-order valence-electron chi connectivity index (χ2n) is 6.57. The summed E-state index contributed by atoms with van der Waals surface area (Å²) in [7, 11) is 1.66. The van der Waals surface area contributed by atoms with Crippen molar-refractivity contribution in [2.75, 3.05) is 11.9 Å². The molecule has 0 N–H and O–H groups in total. The van der Waals surface area contributed by atoms with Crippen LogP contribution in [0.5, 0.6) is 0 Å². The first-order chi connectivity index (χ1) is 13.3. The first-order valence-electron chi connectivity index (χ1n) is 8.81. The van der Waals surface area contributed by atoms with Gasteiger partial charge in [-0.3, -0.25) is 14.5 Å². The van der Waals surface area contributed by atoms with Crippen molar-refractivity contribution in [1.29, 1.82) is 0 Å². The lowest BCUT2D eigenvalue weighted by Gasteiger charge is -2.12. The van der Waals surface area contributed by atoms with Crippen LogP contribution in [0.3, 0.4) is 0 Å². The molecule has 0 saturated carbocycles. The van der Waals surface area contributed by atoms with E-state index in [-0.39, 0.29) is 24.5 Å². The molecule has 144 valence electrons. The molecule has 0 aliphatic rings. The van der Waals surface area contributed by atoms with Crippen molar-refractivity contribution >= 4 is 44.1 Å². The topological polar surface area (TPSA) is 63.2 Å². The number of ketones is 1. The number of carbonyl (C=O) groups is 2. The van der Waals surface area contributed by atoms with Gasteiger partial charge >= 0.3 is 0 Å². The fourth-order valence-electron chi connectivity index (χ4n) is 2.61. The van der Waals surface area contributed by atoms with E-state index in [0.29, 0.717) is 10.7 Å². The Kier molecular flexibility index (Phi) is 6.36. The number of rotatable bonds is 6. The molecule has 7 heteroatoms. The molecule has 0 spiro atoms. The molecule has 2 aromatic carbocycles. The summed E-state index contributed by atoms with van der Waals surface area (Å²) in [5, 5.41) is 9.55. The summed E-state index contributed by atoms with van der Waals surface area (Å²) < 4.78 is 0.988. The molecule has 0 aliphatic carbocycles. The van der Waals surface area contributed by atoms with Gasteiger partial charge in [-0.05, 0) is 43.2 Å². The smallest absolute Gasteiger partial charge is 0.229 e. The Morgan fingerprint density at radius 3 is 2.39 bits per heavy atom. The number of hydrogen-bond donors (Lipinski definition) is 0. The lowest BCUT2D eigenvalue weighted by Crippen LogP contribution is -2.26. The number of aromatic nitrogens is 2. The molecule has 0 unspecified atom stereocenters. The van der Waals surface area contributed by atoms with Crippen LogP contribution in [-0.4, -0.2) is 28.9 Å². The Labute approximate surface area is 176 Å². The third kappa shape index (κ3) is 4.72. The number of carbonyl (C=O) groups excluding carboxylic acids is 2. The van der Waals surface area contributed by atoms with E-state index < -0.39 is 0 Å². The van der Waals surface area contributed by atoms with Gasteiger partial charge in [-0.1, -0.05) is 51.5 Å². The van der Waals surface area contributed by atoms with Gasteiger partial charge in [0.1, 0.15) is 5.01 Å². The zero-order chi connectivity index (χ0) is 20.3. The first kappa shape index (κ1) is 20.4. The van der Waals surface area contributed by atoms with Crippen molar-refractivity contribution in [3.05, 3.63) is 63.6 Å². The molecule has 0 aliphatic heterocycles. The molecule has 0 bridgehead atoms. The largest absolute Gasteiger partial charge is 0.294 e. The van der Waals surface area contributed by atoms with Crippen LogP contribution in [-0.2, 0) is 4.79 Å². The monoisotopic (exact) mass is 457 g/mol. The highest BCUT2D eigenvalue weighted by molar-refractivity contribution is 9.10. The van der Waals surface area contributed by atoms with E-state index in [1.165, 1.54) is 16.2 Å². The van der Waals surface area contributed by atoms with Crippen molar-refractivity contribution < 1.29 is 9.59 Å². The van der Waals surface area contributed by atoms with Gasteiger partial charge in [-0.2, -0.15) is 0 Å². The van der Waals surface area contributed by atoms with Crippen LogP contribution in [0.25, 0.3) is 10.6 Å². The molecule has 28 heavy (non-hydrogen) atoms. The number of anilines is 1. The summed E-state index contributed by atoms with van der Waals surface area (Å²) in [6, 6.07) is 13.4. The van der Waals surface area contributed by atoms with Gasteiger partial charge in [0.05, 0.1) is 0 Å². The third-order valence-electron chi connectivity index (χ3n) is 4.56. The van der Waals surface area contributed by atoms with Gasteiger partial charge in [0.2, 0.25) is 11.0 Å². The summed E-state index contributed by atoms with van der Waals surface area (Å²) in [5.74, 6) is -0.187. The molecule has 3 aromatic rings. The van der Waals surface area contributed by atoms with Gasteiger partial charge in [0.25, 0.3) is 0 Å². The van der Waals surface area contributed by atoms with E-state index in [4.69, 9.17) is 0 Å². The Balaban J connectivity index is 1.62. The quantitative estimate of drug-likeness (QED) is 0.476. The van der Waals surface area contributed by atoms with Gasteiger partial charge in [0.15, 0.2) is 5.78 Å². The Morgan fingerprint density at radius 1 is 1.00 bits per heavy atom. The van der Waals surface area contributed by atoms with Gasteiger partial charge in [-0.15, -0.1) is 10.2 Å². The maximum atomic E-state index is 12.5. The Bertz CT molecular complexity index is 1010. The molecule has 1 aromatic heterocycles. The van der Waals surface area contributed by atoms with E-state index in [0.717, 1.165) is 26.2 Å². The van der Waals surface area contributed by atoms with Crippen molar-refractivity contribution in [3.63, 3.8) is 0 Å². The molecule has 1 heterocycles. The fraction of sp³-hybridized carbons (Fsp3) is 0.238. The molecule has 0 fully saturated rings. The summed E-state index contributed by atoms with van der Waals surface area (Å²) in [6.07, 6.45) is 0.305. The highest BCUT2D eigenvalue weighted by Crippen LogP contribution is 2.29. The average molecular weight is 458 g/mol. The van der Waals surface area contributed by atoms with Gasteiger partial charge in [-0.25, -0.2) is 0 Å². The summed E-state index contributed by atoms with van der Waals surface area (Å²) in [5.41, 5.74) is 3.80. The first-order valence-corrected chi connectivity index (χ1v) is 10.4. The average Bonchev–Trinajstić information content (AvgIpc) is 3.18. The highest BCUT2D eigenvalue weighted by atomic mass is 79.9. The normalized spacial score (nSPS) is 10.7. The number of halogens is 1. The number of hydrogen-bond acceptors (Lipinski definition) is 5. The Morgan fingerprint density at radius 2 is 1.71 bits per heavy atom. The molecular weight excluding hydrogens is 438 g/mol. The van der Waals surface area contributed by atoms with Crippen molar-refractivity contribution in [3.8, 4) is 10.6 Å². The van der Waals surface area contributed by atoms with Crippen LogP contribution >= 0.6 is 27.3 Å². The van der Waals surface area contributed by atoms with E-state index in [2.05, 4.69) is 26.1 Å². The minimum absolute atomic E-state index is 0.0299. The van der Waals surface area contributed by atoms with Crippen LogP contribution in [0.15, 0.2) is 46.9 Å². The van der Waals surface area contributed by atoms with E-state index in [1.54, 1.807) is 7.05 Å². The summed E-state index contributed by atoms with van der Waals surface area (Å²) in [4.78, 5) is 26.4. The number of benzene rings is 2. The van der Waals surface area contributed by atoms with E-state index in [1.807, 2.05) is 56.3 Å². The van der Waals surface area contributed by atoms with Gasteiger partial charge in [0, 0.05) is 35.5 Å². The SMILES string of the molecule is Cc1ccc(C(=O)CCC(=O)N(C)c2nnc(-c3ccc(Br)cc3)s2)cc1C. The van der Waals surface area contributed by atoms with Crippen molar-refractivity contribution in [1.82, 2.24) is 10.2 Å². The predicted octanol–water partition coefficient (Wildman–Crippen LogP) is 5.21. The predicted molar refractivity (Wildman–Crippen MR) is 116 cm³/mol. The second-order valence-corrected chi connectivity index (χ2v) is 8.44. The van der Waals surface area contributed by atoms with Crippen LogP contribution in [0, 0.1) is 13.8 Å². The fourth-order valence-corrected chi connectivity index (χ4v) is 3.71. The molecule has 0 radical (unpaired) electrons. The van der Waals surface area contributed by atoms with E-state index in [9.17, 15) is 9.59 Å². The zero-order valence-electron chi connectivity index (χ0n) is 15.9. The van der Waals surface area contributed by atoms with Gasteiger partial charge < -0.3 is 0 Å². The second kappa shape index (κ2) is 8.75. The summed E-state index contributed by atoms with van der Waals surface area (Å²) in [6.45, 7) is 3.98. The molecule has 3 rings (SSSR count). The van der Waals surface area contributed by atoms with Crippen LogP contribution in [0.1, 0.15) is 34.3 Å². The van der Waals surface area contributed by atoms with Crippen molar-refractivity contribution in [2.24, 2.45) is 0 Å². The zero-order valence-corrected chi connectivity index (χ0v) is 18.3. The standard InChI is InChI=1S/C21H20BrN3O2S/c1-13-4-5-16(12-14(13)2)18(26)10-11-19(27)25(3)21-24-23-20(28-21)15-6-8-17(22)9-7-15/h4-9,12H,10-11H2,1-3H3. The Hall–Kier alpha value is -2.38. The molecule has 1 amide bonds. The number of Topliss-reactive ketones (excluding diaryl/α,β-unsaturated/α-hetero) is 1. The van der Waals surface area contributed by atoms with Crippen LogP contribution < -0.4 is 4.90 Å². The lowest BCUT2D eigenvalue weighted by atomic mass is 10.0. The molecular formula is C21H20BrN3O2S. The van der Waals surface area contributed by atoms with Crippen LogP contribution in [0.2, 0.25) is 0 Å². The molecule has 5 nitrogen and oxygen atoms in total. The van der Waals surface area contributed by atoms with E-state index >= 15 is 0 Å². The third-order valence-corrected chi connectivity index (χ3v) is 6.14. The van der Waals surface area contributed by atoms with Crippen molar-refractivity contribution in [2.45, 2.75) is 26.7 Å². The summed E-state index contributed by atoms with van der Waals surface area (Å²) >= 11 is 4.75. The minimum Gasteiger partial charge on any atom is -0.294 e. The molecule has 0 saturated heterocycles. The van der Waals surface area contributed by atoms with Crippen LogP contribution in [0.4, 0.5) is 5.13 Å². The number of nitrogens with zero attached hydrogens (tertiary/aromatic N) is 3.